The normalized spacial score (nSPS) is 19.7. The molecule has 2 N–H and O–H groups in total. The van der Waals surface area contributed by atoms with Crippen LogP contribution in [0, 0.1) is 4.77 Å². The van der Waals surface area contributed by atoms with Crippen molar-refractivity contribution in [1.82, 2.24) is 15.0 Å². The van der Waals surface area contributed by atoms with Crippen LogP contribution < -0.4 is 5.56 Å². The lowest BCUT2D eigenvalue weighted by atomic mass is 9.76. The number of H-pyrrole nitrogens is 2. The van der Waals surface area contributed by atoms with Crippen molar-refractivity contribution >= 4 is 12.2 Å². The van der Waals surface area contributed by atoms with Gasteiger partial charge in [0.25, 0.3) is 5.56 Å². The van der Waals surface area contributed by atoms with Crippen LogP contribution in [-0.4, -0.2) is 15.0 Å². The van der Waals surface area contributed by atoms with Crippen LogP contribution in [0.15, 0.2) is 59.5 Å². The predicted molar refractivity (Wildman–Crippen MR) is 110 cm³/mol. The summed E-state index contributed by atoms with van der Waals surface area (Å²) >= 11 is 5.25. The van der Waals surface area contributed by atoms with Gasteiger partial charge in [-0.3, -0.25) is 14.8 Å². The van der Waals surface area contributed by atoms with Gasteiger partial charge in [0.2, 0.25) is 0 Å². The van der Waals surface area contributed by atoms with E-state index in [1.54, 1.807) is 6.20 Å². The fourth-order valence-electron chi connectivity index (χ4n) is 4.18. The van der Waals surface area contributed by atoms with Gasteiger partial charge in [-0.05, 0) is 67.4 Å². The quantitative estimate of drug-likeness (QED) is 0.638. The lowest BCUT2D eigenvalue weighted by Gasteiger charge is -2.29. The Balaban J connectivity index is 1.59. The molecule has 1 fully saturated rings. The summed E-state index contributed by atoms with van der Waals surface area (Å²) in [5, 5.41) is 0. The lowest BCUT2D eigenvalue weighted by molar-refractivity contribution is 0.389. The van der Waals surface area contributed by atoms with Crippen molar-refractivity contribution in [3.8, 4) is 0 Å². The third-order valence-electron chi connectivity index (χ3n) is 5.56. The maximum absolute atomic E-state index is 12.6. The Morgan fingerprint density at radius 2 is 1.63 bits per heavy atom. The Bertz CT molecular complexity index is 1000. The van der Waals surface area contributed by atoms with Gasteiger partial charge < -0.3 is 4.98 Å². The fraction of sp³-hybridized carbons (Fsp3) is 0.318. The van der Waals surface area contributed by atoms with Gasteiger partial charge in [0, 0.05) is 29.6 Å². The Kier molecular flexibility index (Phi) is 5.30. The summed E-state index contributed by atoms with van der Waals surface area (Å²) < 4.78 is 0.407. The van der Waals surface area contributed by atoms with Crippen LogP contribution in [0.2, 0.25) is 0 Å². The summed E-state index contributed by atoms with van der Waals surface area (Å²) in [4.78, 5) is 23.0. The smallest absolute Gasteiger partial charge is 0.255 e. The number of rotatable bonds is 4. The van der Waals surface area contributed by atoms with Gasteiger partial charge in [-0.2, -0.15) is 0 Å². The molecule has 1 aromatic carbocycles. The van der Waals surface area contributed by atoms with Crippen LogP contribution in [-0.2, 0) is 6.42 Å². The number of benzene rings is 1. The second kappa shape index (κ2) is 8.01. The van der Waals surface area contributed by atoms with Crippen LogP contribution in [0.4, 0.5) is 0 Å². The van der Waals surface area contributed by atoms with Gasteiger partial charge in [0.1, 0.15) is 0 Å². The van der Waals surface area contributed by atoms with Crippen molar-refractivity contribution in [2.24, 2.45) is 0 Å². The van der Waals surface area contributed by atoms with E-state index in [2.05, 4.69) is 45.3 Å². The third kappa shape index (κ3) is 4.08. The molecule has 1 aliphatic carbocycles. The van der Waals surface area contributed by atoms with Gasteiger partial charge in [0.05, 0.1) is 0 Å². The van der Waals surface area contributed by atoms with Gasteiger partial charge in [0.15, 0.2) is 4.77 Å². The van der Waals surface area contributed by atoms with E-state index in [1.165, 1.54) is 5.56 Å². The zero-order valence-corrected chi connectivity index (χ0v) is 16.0. The first-order valence-electron chi connectivity index (χ1n) is 9.51. The number of aromatic amines is 2. The van der Waals surface area contributed by atoms with E-state index in [0.717, 1.165) is 42.6 Å². The highest BCUT2D eigenvalue weighted by molar-refractivity contribution is 7.71. The highest BCUT2D eigenvalue weighted by Crippen LogP contribution is 2.40. The number of nitrogens with zero attached hydrogens (tertiary/aromatic N) is 1. The van der Waals surface area contributed by atoms with Crippen molar-refractivity contribution in [1.29, 1.82) is 0 Å². The molecule has 27 heavy (non-hydrogen) atoms. The monoisotopic (exact) mass is 377 g/mol. The van der Waals surface area contributed by atoms with Crippen LogP contribution in [0.1, 0.15) is 60.0 Å². The van der Waals surface area contributed by atoms with Crippen LogP contribution in [0.5, 0.6) is 0 Å². The largest absolute Gasteiger partial charge is 0.335 e. The number of hydrogen-bond acceptors (Lipinski definition) is 3. The van der Waals surface area contributed by atoms with Gasteiger partial charge in [-0.15, -0.1) is 0 Å². The van der Waals surface area contributed by atoms with E-state index in [-0.39, 0.29) is 5.56 Å². The molecule has 2 aromatic heterocycles. The molecular formula is C22H23N3OS. The lowest BCUT2D eigenvalue weighted by Crippen LogP contribution is -2.23. The maximum Gasteiger partial charge on any atom is 0.255 e. The van der Waals surface area contributed by atoms with Crippen molar-refractivity contribution in [3.05, 3.63) is 92.4 Å². The summed E-state index contributed by atoms with van der Waals surface area (Å²) in [6, 6.07) is 16.5. The first-order valence-corrected chi connectivity index (χ1v) is 9.92. The maximum atomic E-state index is 12.6. The molecule has 138 valence electrons. The minimum atomic E-state index is -0.0930. The minimum Gasteiger partial charge on any atom is -0.335 e. The molecule has 2 heterocycles. The summed E-state index contributed by atoms with van der Waals surface area (Å²) in [5.74, 6) is 0.944. The van der Waals surface area contributed by atoms with Crippen LogP contribution in [0.3, 0.4) is 0 Å². The number of aromatic nitrogens is 3. The van der Waals surface area contributed by atoms with Crippen molar-refractivity contribution < 1.29 is 0 Å². The van der Waals surface area contributed by atoms with E-state index in [9.17, 15) is 4.79 Å². The summed E-state index contributed by atoms with van der Waals surface area (Å²) in [5.41, 5.74) is 3.99. The molecule has 4 nitrogen and oxygen atoms in total. The summed E-state index contributed by atoms with van der Waals surface area (Å²) in [6.07, 6.45) is 6.67. The van der Waals surface area contributed by atoms with E-state index < -0.39 is 0 Å². The number of pyridine rings is 1. The van der Waals surface area contributed by atoms with Gasteiger partial charge >= 0.3 is 0 Å². The van der Waals surface area contributed by atoms with Gasteiger partial charge in [-0.25, -0.2) is 0 Å². The molecular weight excluding hydrogens is 354 g/mol. The Hall–Kier alpha value is -2.53. The van der Waals surface area contributed by atoms with E-state index in [0.29, 0.717) is 23.0 Å². The van der Waals surface area contributed by atoms with Crippen LogP contribution in [0.25, 0.3) is 0 Å². The zero-order valence-electron chi connectivity index (χ0n) is 15.2. The van der Waals surface area contributed by atoms with E-state index in [1.807, 2.05) is 18.2 Å². The van der Waals surface area contributed by atoms with Crippen molar-refractivity contribution in [3.63, 3.8) is 0 Å². The fourth-order valence-corrected chi connectivity index (χ4v) is 4.38. The molecule has 0 amide bonds. The first-order chi connectivity index (χ1) is 13.2. The first kappa shape index (κ1) is 17.9. The molecule has 0 radical (unpaired) electrons. The van der Waals surface area contributed by atoms with Crippen molar-refractivity contribution in [2.45, 2.75) is 43.9 Å². The SMILES string of the molecule is O=c1[nH]c(=S)[nH]c(C2CCC(c3ccccc3)CC2)c1Cc1ccccn1. The molecule has 1 aliphatic rings. The minimum absolute atomic E-state index is 0.0930. The van der Waals surface area contributed by atoms with Gasteiger partial charge in [-0.1, -0.05) is 36.4 Å². The third-order valence-corrected chi connectivity index (χ3v) is 5.77. The standard InChI is InChI=1S/C22H23N3OS/c26-21-19(14-18-8-4-5-13-23-18)20(24-22(27)25-21)17-11-9-16(10-12-17)15-6-2-1-3-7-15/h1-8,13,16-17H,9-12,14H2,(H2,24,25,26,27). The zero-order chi connectivity index (χ0) is 18.6. The molecule has 0 unspecified atom stereocenters. The molecule has 0 aliphatic heterocycles. The molecule has 1 saturated carbocycles. The highest BCUT2D eigenvalue weighted by Gasteiger charge is 2.26. The topological polar surface area (TPSA) is 61.5 Å². The molecule has 4 rings (SSSR count). The molecule has 0 bridgehead atoms. The van der Waals surface area contributed by atoms with Crippen LogP contribution >= 0.6 is 12.2 Å². The predicted octanol–water partition coefficient (Wildman–Crippen LogP) is 4.86. The molecule has 5 heteroatoms. The Morgan fingerprint density at radius 1 is 0.926 bits per heavy atom. The average Bonchev–Trinajstić information content (AvgIpc) is 2.71. The van der Waals surface area contributed by atoms with Crippen molar-refractivity contribution in [2.75, 3.05) is 0 Å². The van der Waals surface area contributed by atoms with E-state index >= 15 is 0 Å². The Labute approximate surface area is 163 Å². The number of hydrogen-bond donors (Lipinski definition) is 2. The summed E-state index contributed by atoms with van der Waals surface area (Å²) in [7, 11) is 0. The molecule has 0 atom stereocenters. The summed E-state index contributed by atoms with van der Waals surface area (Å²) in [6.45, 7) is 0. The second-order valence-corrected chi connectivity index (χ2v) is 7.67. The molecule has 0 saturated heterocycles. The highest BCUT2D eigenvalue weighted by atomic mass is 32.1. The number of nitrogens with one attached hydrogen (secondary N) is 2. The second-order valence-electron chi connectivity index (χ2n) is 7.26. The molecule has 3 aromatic rings. The Morgan fingerprint density at radius 3 is 2.33 bits per heavy atom. The van der Waals surface area contributed by atoms with E-state index in [4.69, 9.17) is 12.2 Å². The molecule has 0 spiro atoms. The average molecular weight is 378 g/mol.